The molecular weight excluding hydrogens is 452 g/mol. The lowest BCUT2D eigenvalue weighted by molar-refractivity contribution is -0.134. The Labute approximate surface area is 215 Å². The van der Waals surface area contributed by atoms with Crippen molar-refractivity contribution in [2.45, 2.75) is 59.9 Å². The molecule has 0 spiro atoms. The molecule has 1 aromatic carbocycles. The predicted octanol–water partition coefficient (Wildman–Crippen LogP) is 3.79. The molecule has 3 atom stereocenters. The van der Waals surface area contributed by atoms with Gasteiger partial charge in [-0.1, -0.05) is 37.6 Å². The number of benzene rings is 1. The number of amides is 3. The molecule has 0 unspecified atom stereocenters. The van der Waals surface area contributed by atoms with E-state index in [9.17, 15) is 14.4 Å². The molecule has 1 fully saturated rings. The number of rotatable bonds is 8. The molecule has 0 bridgehead atoms. The second-order valence-corrected chi connectivity index (χ2v) is 10.7. The smallest absolute Gasteiger partial charge is 0.223 e. The fourth-order valence-corrected chi connectivity index (χ4v) is 5.52. The zero-order chi connectivity index (χ0) is 26.2. The molecule has 1 aliphatic heterocycles. The zero-order valence-corrected chi connectivity index (χ0v) is 22.0. The number of nitriles is 1. The summed E-state index contributed by atoms with van der Waals surface area (Å²) in [7, 11) is 0. The van der Waals surface area contributed by atoms with Gasteiger partial charge in [0.05, 0.1) is 11.6 Å². The normalized spacial score (nSPS) is 22.5. The molecule has 3 amide bonds. The predicted molar refractivity (Wildman–Crippen MR) is 139 cm³/mol. The van der Waals surface area contributed by atoms with Crippen molar-refractivity contribution in [1.29, 1.82) is 5.26 Å². The molecule has 2 N–H and O–H groups in total. The highest BCUT2D eigenvalue weighted by atomic mass is 16.2. The van der Waals surface area contributed by atoms with Crippen LogP contribution >= 0.6 is 0 Å². The largest absolute Gasteiger partial charge is 0.355 e. The number of carbonyl (C=O) groups excluding carboxylic acids is 3. The molecule has 2 aliphatic rings. The first-order chi connectivity index (χ1) is 17.2. The minimum Gasteiger partial charge on any atom is -0.355 e. The Balaban J connectivity index is 1.51. The number of nitrogens with zero attached hydrogens (tertiary/aromatic N) is 2. The van der Waals surface area contributed by atoms with Gasteiger partial charge >= 0.3 is 0 Å². The van der Waals surface area contributed by atoms with Crippen LogP contribution in [0, 0.1) is 40.9 Å². The van der Waals surface area contributed by atoms with Crippen LogP contribution in [0.5, 0.6) is 0 Å². The second-order valence-electron chi connectivity index (χ2n) is 10.7. The number of piperidine rings is 1. The molecular formula is C29H40N4O3. The highest BCUT2D eigenvalue weighted by Crippen LogP contribution is 2.38. The van der Waals surface area contributed by atoms with Gasteiger partial charge in [-0.25, -0.2) is 0 Å². The number of carbonyl (C=O) groups is 3. The molecule has 7 nitrogen and oxygen atoms in total. The Morgan fingerprint density at radius 3 is 2.36 bits per heavy atom. The quantitative estimate of drug-likeness (QED) is 0.539. The lowest BCUT2D eigenvalue weighted by Crippen LogP contribution is -2.44. The van der Waals surface area contributed by atoms with Gasteiger partial charge in [-0.05, 0) is 67.6 Å². The molecule has 7 heteroatoms. The minimum absolute atomic E-state index is 0.0284. The maximum Gasteiger partial charge on any atom is 0.223 e. The van der Waals surface area contributed by atoms with Crippen LogP contribution in [-0.2, 0) is 20.9 Å². The van der Waals surface area contributed by atoms with Gasteiger partial charge in [-0.15, -0.1) is 0 Å². The summed E-state index contributed by atoms with van der Waals surface area (Å²) in [4.78, 5) is 38.9. The average molecular weight is 493 g/mol. The first-order valence-electron chi connectivity index (χ1n) is 13.1. The maximum absolute atomic E-state index is 12.8. The Kier molecular flexibility index (Phi) is 9.69. The monoisotopic (exact) mass is 492 g/mol. The van der Waals surface area contributed by atoms with Crippen molar-refractivity contribution in [2.24, 2.45) is 29.6 Å². The van der Waals surface area contributed by atoms with Gasteiger partial charge < -0.3 is 15.5 Å². The summed E-state index contributed by atoms with van der Waals surface area (Å²) in [6.45, 7) is 10.5. The Morgan fingerprint density at radius 1 is 1.11 bits per heavy atom. The third kappa shape index (κ3) is 7.43. The van der Waals surface area contributed by atoms with Gasteiger partial charge in [-0.2, -0.15) is 5.26 Å². The van der Waals surface area contributed by atoms with Gasteiger partial charge in [0.25, 0.3) is 0 Å². The van der Waals surface area contributed by atoms with Gasteiger partial charge in [0.1, 0.15) is 0 Å². The highest BCUT2D eigenvalue weighted by molar-refractivity contribution is 5.79. The molecule has 0 aromatic heterocycles. The molecule has 36 heavy (non-hydrogen) atoms. The van der Waals surface area contributed by atoms with E-state index >= 15 is 0 Å². The molecule has 1 aliphatic carbocycles. The number of allylic oxidation sites excluding steroid dienone is 1. The van der Waals surface area contributed by atoms with Crippen LogP contribution in [-0.4, -0.2) is 42.3 Å². The minimum atomic E-state index is -0.0284. The number of nitrogens with one attached hydrogen (secondary N) is 2. The summed E-state index contributed by atoms with van der Waals surface area (Å²) in [5.41, 5.74) is 2.80. The Hall–Kier alpha value is -3.14. The number of hydrogen-bond acceptors (Lipinski definition) is 4. The van der Waals surface area contributed by atoms with Gasteiger partial charge in [-0.3, -0.25) is 14.4 Å². The van der Waals surface area contributed by atoms with Crippen LogP contribution in [0.3, 0.4) is 0 Å². The van der Waals surface area contributed by atoms with Crippen LogP contribution in [0.4, 0.5) is 0 Å². The number of hydrogen-bond donors (Lipinski definition) is 2. The van der Waals surface area contributed by atoms with E-state index in [2.05, 4.69) is 43.6 Å². The standard InChI is InChI=1S/C29H40N4O3/c1-19(2)27-14-25(15-28(35)31-17-23-7-5-22(16-30)6-8-23)20(3)13-26(27)18-32-29(36)24-9-11-33(12-10-24)21(4)34/h5-8,13,19,24-27H,9-12,14-15,17-18H2,1-4H3,(H,31,35)(H,32,36)/t25-,26-,27-/m0/s1. The topological polar surface area (TPSA) is 102 Å². The zero-order valence-electron chi connectivity index (χ0n) is 22.0. The molecule has 1 heterocycles. The Bertz CT molecular complexity index is 1000. The van der Waals surface area contributed by atoms with Crippen molar-refractivity contribution in [3.8, 4) is 6.07 Å². The summed E-state index contributed by atoms with van der Waals surface area (Å²) in [6.07, 6.45) is 5.10. The second kappa shape index (κ2) is 12.7. The van der Waals surface area contributed by atoms with E-state index in [1.807, 2.05) is 17.0 Å². The molecule has 0 saturated carbocycles. The molecule has 194 valence electrons. The van der Waals surface area contributed by atoms with Crippen LogP contribution < -0.4 is 10.6 Å². The fourth-order valence-electron chi connectivity index (χ4n) is 5.52. The Morgan fingerprint density at radius 2 is 1.78 bits per heavy atom. The van der Waals surface area contributed by atoms with Crippen molar-refractivity contribution in [1.82, 2.24) is 15.5 Å². The van der Waals surface area contributed by atoms with E-state index in [0.29, 0.717) is 50.0 Å². The summed E-state index contributed by atoms with van der Waals surface area (Å²) >= 11 is 0. The molecule has 1 saturated heterocycles. The molecule has 0 radical (unpaired) electrons. The van der Waals surface area contributed by atoms with Gasteiger partial charge in [0.15, 0.2) is 0 Å². The van der Waals surface area contributed by atoms with Crippen LogP contribution in [0.15, 0.2) is 35.9 Å². The van der Waals surface area contributed by atoms with Crippen molar-refractivity contribution in [3.63, 3.8) is 0 Å². The fraction of sp³-hybridized carbons (Fsp3) is 0.586. The molecule has 1 aromatic rings. The van der Waals surface area contributed by atoms with E-state index in [1.54, 1.807) is 19.1 Å². The first kappa shape index (κ1) is 27.4. The van der Waals surface area contributed by atoms with Crippen molar-refractivity contribution in [3.05, 3.63) is 47.0 Å². The summed E-state index contributed by atoms with van der Waals surface area (Å²) in [5.74, 6) is 1.46. The van der Waals surface area contributed by atoms with Crippen molar-refractivity contribution >= 4 is 17.7 Å². The van der Waals surface area contributed by atoms with Crippen LogP contribution in [0.1, 0.15) is 64.5 Å². The summed E-state index contributed by atoms with van der Waals surface area (Å²) < 4.78 is 0. The SMILES string of the molecule is CC(=O)N1CCC(C(=O)NC[C@@H]2C=C(C)[C@H](CC(=O)NCc3ccc(C#N)cc3)C[C@H]2C(C)C)CC1. The lowest BCUT2D eigenvalue weighted by Gasteiger charge is -2.37. The van der Waals surface area contributed by atoms with Gasteiger partial charge in [0.2, 0.25) is 17.7 Å². The highest BCUT2D eigenvalue weighted by Gasteiger charge is 2.33. The molecule has 3 rings (SSSR count). The maximum atomic E-state index is 12.8. The van der Waals surface area contributed by atoms with Crippen molar-refractivity contribution in [2.75, 3.05) is 19.6 Å². The lowest BCUT2D eigenvalue weighted by atomic mass is 9.69. The van der Waals surface area contributed by atoms with E-state index in [-0.39, 0.29) is 35.5 Å². The first-order valence-corrected chi connectivity index (χ1v) is 13.1. The van der Waals surface area contributed by atoms with Gasteiger partial charge in [0, 0.05) is 45.4 Å². The average Bonchev–Trinajstić information content (AvgIpc) is 2.87. The van der Waals surface area contributed by atoms with Crippen molar-refractivity contribution < 1.29 is 14.4 Å². The van der Waals surface area contributed by atoms with Crippen LogP contribution in [0.25, 0.3) is 0 Å². The van der Waals surface area contributed by atoms with E-state index < -0.39 is 0 Å². The summed E-state index contributed by atoms with van der Waals surface area (Å²) in [6, 6.07) is 9.36. The third-order valence-corrected chi connectivity index (χ3v) is 7.91. The van der Waals surface area contributed by atoms with E-state index in [4.69, 9.17) is 5.26 Å². The van der Waals surface area contributed by atoms with E-state index in [0.717, 1.165) is 24.8 Å². The number of likely N-dealkylation sites (tertiary alicyclic amines) is 1. The summed E-state index contributed by atoms with van der Waals surface area (Å²) in [5, 5.41) is 15.1. The van der Waals surface area contributed by atoms with E-state index in [1.165, 1.54) is 5.57 Å². The van der Waals surface area contributed by atoms with Crippen LogP contribution in [0.2, 0.25) is 0 Å². The third-order valence-electron chi connectivity index (χ3n) is 7.91.